The van der Waals surface area contributed by atoms with E-state index in [1.165, 1.54) is 12.3 Å². The Morgan fingerprint density at radius 3 is 2.67 bits per heavy atom. The highest BCUT2D eigenvalue weighted by Gasteiger charge is 2.35. The molecule has 1 aromatic heterocycles. The minimum absolute atomic E-state index is 0.119. The molecule has 1 aromatic rings. The first-order valence-corrected chi connectivity index (χ1v) is 9.04. The van der Waals surface area contributed by atoms with E-state index in [1.54, 1.807) is 0 Å². The van der Waals surface area contributed by atoms with Crippen molar-refractivity contribution in [2.75, 3.05) is 6.54 Å². The van der Waals surface area contributed by atoms with E-state index in [0.29, 0.717) is 17.3 Å². The number of rotatable bonds is 5. The van der Waals surface area contributed by atoms with Gasteiger partial charge in [0.1, 0.15) is 10.0 Å². The minimum atomic E-state index is -3.92. The summed E-state index contributed by atoms with van der Waals surface area (Å²) in [6, 6.07) is 1.16. The Labute approximate surface area is 136 Å². The van der Waals surface area contributed by atoms with Gasteiger partial charge in [-0.3, -0.25) is 4.79 Å². The first-order chi connectivity index (χ1) is 9.82. The number of halogens is 2. The van der Waals surface area contributed by atoms with E-state index in [4.69, 9.17) is 17.3 Å². The largest absolute Gasteiger partial charge is 0.369 e. The maximum atomic E-state index is 12.8. The van der Waals surface area contributed by atoms with Gasteiger partial charge in [0.15, 0.2) is 0 Å². The third kappa shape index (κ3) is 3.74. The number of nitrogens with zero attached hydrogens (tertiary/aromatic N) is 2. The molecule has 1 amide bonds. The first-order valence-electron chi connectivity index (χ1n) is 6.43. The summed E-state index contributed by atoms with van der Waals surface area (Å²) in [5.74, 6) is -0.690. The summed E-state index contributed by atoms with van der Waals surface area (Å²) in [5, 5.41) is -0.120. The van der Waals surface area contributed by atoms with Crippen LogP contribution in [0.4, 0.5) is 0 Å². The van der Waals surface area contributed by atoms with E-state index in [1.807, 2.05) is 0 Å². The van der Waals surface area contributed by atoms with E-state index >= 15 is 0 Å². The van der Waals surface area contributed by atoms with Gasteiger partial charge in [-0.05, 0) is 34.8 Å². The lowest BCUT2D eigenvalue weighted by Gasteiger charge is -2.27. The number of nitrogens with two attached hydrogens (primary N) is 1. The second-order valence-electron chi connectivity index (χ2n) is 4.90. The van der Waals surface area contributed by atoms with Crippen LogP contribution in [-0.4, -0.2) is 36.2 Å². The van der Waals surface area contributed by atoms with Gasteiger partial charge in [0.2, 0.25) is 15.9 Å². The number of carbonyl (C=O) groups excluding carboxylic acids is 1. The molecule has 6 nitrogen and oxygen atoms in total. The number of carbonyl (C=O) groups is 1. The zero-order valence-corrected chi connectivity index (χ0v) is 14.3. The second-order valence-corrected chi connectivity index (χ2v) is 8.03. The first kappa shape index (κ1) is 16.7. The summed E-state index contributed by atoms with van der Waals surface area (Å²) in [5.41, 5.74) is 5.20. The third-order valence-electron chi connectivity index (χ3n) is 3.40. The summed E-state index contributed by atoms with van der Waals surface area (Å²) >= 11 is 9.09. The molecule has 2 rings (SSSR count). The summed E-state index contributed by atoms with van der Waals surface area (Å²) < 4.78 is 27.2. The van der Waals surface area contributed by atoms with Crippen molar-refractivity contribution >= 4 is 43.5 Å². The van der Waals surface area contributed by atoms with Gasteiger partial charge < -0.3 is 5.73 Å². The molecule has 0 atom stereocenters. The Hall–Kier alpha value is -0.700. The number of aromatic nitrogens is 1. The SMILES string of the molecule is NC(=O)CN(C1CCCC1)S(=O)(=O)c1cc(Br)cnc1Cl. The van der Waals surface area contributed by atoms with Gasteiger partial charge in [0.05, 0.1) is 6.54 Å². The van der Waals surface area contributed by atoms with Crippen molar-refractivity contribution in [2.45, 2.75) is 36.6 Å². The molecule has 1 aliphatic carbocycles. The minimum Gasteiger partial charge on any atom is -0.369 e. The predicted octanol–water partition coefficient (Wildman–Crippen LogP) is 1.92. The highest BCUT2D eigenvalue weighted by Crippen LogP contribution is 2.31. The number of primary amides is 1. The molecule has 1 saturated carbocycles. The average Bonchev–Trinajstić information content (AvgIpc) is 2.92. The molecule has 0 aliphatic heterocycles. The standard InChI is InChI=1S/C12H15BrClN3O3S/c13-8-5-10(12(14)16-6-8)21(19,20)17(7-11(15)18)9-3-1-2-4-9/h5-6,9H,1-4,7H2,(H2,15,18). The Balaban J connectivity index is 2.45. The Morgan fingerprint density at radius 1 is 1.48 bits per heavy atom. The maximum absolute atomic E-state index is 12.8. The van der Waals surface area contributed by atoms with Gasteiger partial charge in [-0.25, -0.2) is 13.4 Å². The van der Waals surface area contributed by atoms with Crippen LogP contribution in [0.1, 0.15) is 25.7 Å². The lowest BCUT2D eigenvalue weighted by molar-refractivity contribution is -0.118. The number of hydrogen-bond donors (Lipinski definition) is 1. The highest BCUT2D eigenvalue weighted by molar-refractivity contribution is 9.10. The second kappa shape index (κ2) is 6.60. The summed E-state index contributed by atoms with van der Waals surface area (Å²) in [6.07, 6.45) is 4.70. The molecule has 0 saturated heterocycles. The van der Waals surface area contributed by atoms with Crippen molar-refractivity contribution < 1.29 is 13.2 Å². The molecule has 9 heteroatoms. The van der Waals surface area contributed by atoms with E-state index in [9.17, 15) is 13.2 Å². The van der Waals surface area contributed by atoms with Crippen LogP contribution in [0.25, 0.3) is 0 Å². The van der Waals surface area contributed by atoms with Gasteiger partial charge >= 0.3 is 0 Å². The van der Waals surface area contributed by atoms with Gasteiger partial charge in [-0.15, -0.1) is 0 Å². The Morgan fingerprint density at radius 2 is 2.10 bits per heavy atom. The average molecular weight is 397 g/mol. The van der Waals surface area contributed by atoms with Crippen molar-refractivity contribution in [1.82, 2.24) is 9.29 Å². The topological polar surface area (TPSA) is 93.4 Å². The number of pyridine rings is 1. The van der Waals surface area contributed by atoms with Crippen molar-refractivity contribution in [1.29, 1.82) is 0 Å². The van der Waals surface area contributed by atoms with Gasteiger partial charge in [0.25, 0.3) is 0 Å². The normalized spacial score (nSPS) is 16.5. The summed E-state index contributed by atoms with van der Waals surface area (Å²) in [4.78, 5) is 15.0. The molecule has 1 aliphatic rings. The summed E-state index contributed by atoms with van der Waals surface area (Å²) in [7, 11) is -3.92. The van der Waals surface area contributed by atoms with Gasteiger partial charge in [0, 0.05) is 16.7 Å². The molecule has 116 valence electrons. The quantitative estimate of drug-likeness (QED) is 0.769. The van der Waals surface area contributed by atoms with E-state index in [2.05, 4.69) is 20.9 Å². The molecule has 1 heterocycles. The molecule has 0 radical (unpaired) electrons. The highest BCUT2D eigenvalue weighted by atomic mass is 79.9. The fraction of sp³-hybridized carbons (Fsp3) is 0.500. The number of sulfonamides is 1. The molecule has 0 bridgehead atoms. The molecular formula is C12H15BrClN3O3S. The third-order valence-corrected chi connectivity index (χ3v) is 6.16. The van der Waals surface area contributed by atoms with Gasteiger partial charge in [-0.2, -0.15) is 4.31 Å². The monoisotopic (exact) mass is 395 g/mol. The van der Waals surface area contributed by atoms with Crippen LogP contribution in [-0.2, 0) is 14.8 Å². The van der Waals surface area contributed by atoms with Crippen LogP contribution in [0.2, 0.25) is 5.15 Å². The molecule has 1 fully saturated rings. The molecule has 2 N–H and O–H groups in total. The van der Waals surface area contributed by atoms with Crippen LogP contribution in [0.3, 0.4) is 0 Å². The van der Waals surface area contributed by atoms with E-state index < -0.39 is 15.9 Å². The van der Waals surface area contributed by atoms with Crippen LogP contribution in [0.5, 0.6) is 0 Å². The predicted molar refractivity (Wildman–Crippen MR) is 82.3 cm³/mol. The lowest BCUT2D eigenvalue weighted by Crippen LogP contribution is -2.44. The molecule has 0 spiro atoms. The Bertz CT molecular complexity index is 647. The Kier molecular flexibility index (Phi) is 5.24. The smallest absolute Gasteiger partial charge is 0.246 e. The number of hydrogen-bond acceptors (Lipinski definition) is 4. The van der Waals surface area contributed by atoms with Crippen LogP contribution in [0, 0.1) is 0 Å². The fourth-order valence-corrected chi connectivity index (χ4v) is 5.04. The van der Waals surface area contributed by atoms with Gasteiger partial charge in [-0.1, -0.05) is 24.4 Å². The van der Waals surface area contributed by atoms with Crippen molar-refractivity contribution in [3.05, 3.63) is 21.9 Å². The molecule has 0 unspecified atom stereocenters. The van der Waals surface area contributed by atoms with Crippen molar-refractivity contribution in [3.8, 4) is 0 Å². The zero-order valence-electron chi connectivity index (χ0n) is 11.1. The zero-order chi connectivity index (χ0) is 15.6. The van der Waals surface area contributed by atoms with Crippen LogP contribution >= 0.6 is 27.5 Å². The van der Waals surface area contributed by atoms with E-state index in [0.717, 1.165) is 17.1 Å². The molecule has 21 heavy (non-hydrogen) atoms. The number of amides is 1. The maximum Gasteiger partial charge on any atom is 0.246 e. The van der Waals surface area contributed by atoms with Crippen molar-refractivity contribution in [2.24, 2.45) is 5.73 Å². The summed E-state index contributed by atoms with van der Waals surface area (Å²) in [6.45, 7) is -0.351. The fourth-order valence-electron chi connectivity index (χ4n) is 2.47. The van der Waals surface area contributed by atoms with Crippen LogP contribution in [0.15, 0.2) is 21.6 Å². The molecule has 0 aromatic carbocycles. The lowest BCUT2D eigenvalue weighted by atomic mass is 10.2. The van der Waals surface area contributed by atoms with Crippen molar-refractivity contribution in [3.63, 3.8) is 0 Å². The van der Waals surface area contributed by atoms with Crippen LogP contribution < -0.4 is 5.73 Å². The molecular weight excluding hydrogens is 382 g/mol. The van der Waals surface area contributed by atoms with E-state index in [-0.39, 0.29) is 22.6 Å².